The summed E-state index contributed by atoms with van der Waals surface area (Å²) in [7, 11) is 4.18. The molecule has 1 saturated carbocycles. The minimum atomic E-state index is 0.334. The zero-order chi connectivity index (χ0) is 18.3. The molecule has 4 nitrogen and oxygen atoms in total. The van der Waals surface area contributed by atoms with Crippen LogP contribution in [0.25, 0.3) is 0 Å². The van der Waals surface area contributed by atoms with E-state index >= 15 is 0 Å². The number of hydrogen-bond donors (Lipinski definition) is 0. The molecule has 24 heavy (non-hydrogen) atoms. The van der Waals surface area contributed by atoms with Gasteiger partial charge in [-0.2, -0.15) is 5.26 Å². The summed E-state index contributed by atoms with van der Waals surface area (Å²) >= 11 is 0. The number of rotatable bonds is 9. The monoisotopic (exact) mass is 330 g/mol. The lowest BCUT2D eigenvalue weighted by atomic mass is 9.76. The first-order chi connectivity index (χ1) is 11.3. The quantitative estimate of drug-likeness (QED) is 0.598. The smallest absolute Gasteiger partial charge is 0.163 e. The van der Waals surface area contributed by atoms with Gasteiger partial charge in [0.2, 0.25) is 0 Å². The SMILES string of the molecule is C=CN=C(C#N)C(=C)N(C)CCN(C)[C@@H]1CCC(C(C)(C)CC)C1. The standard InChI is InChI=1S/C20H34N4/c1-8-20(4,5)17-10-11-18(14-17)24(7)13-12-23(6)16(3)19(15-21)22-9-2/h9,17-18H,2-3,8,10-14H2,1,4-7H3/t17?,18-/m1/s1. The summed E-state index contributed by atoms with van der Waals surface area (Å²) in [6.07, 6.45) is 6.55. The predicted octanol–water partition coefficient (Wildman–Crippen LogP) is 4.08. The molecular weight excluding hydrogens is 296 g/mol. The van der Waals surface area contributed by atoms with Crippen molar-refractivity contribution < 1.29 is 0 Å². The molecule has 4 heteroatoms. The molecule has 0 N–H and O–H groups in total. The van der Waals surface area contributed by atoms with Gasteiger partial charge in [-0.05, 0) is 37.6 Å². The van der Waals surface area contributed by atoms with Crippen molar-refractivity contribution in [1.82, 2.24) is 9.80 Å². The maximum Gasteiger partial charge on any atom is 0.163 e. The Labute approximate surface area is 148 Å². The van der Waals surface area contributed by atoms with Gasteiger partial charge in [0.15, 0.2) is 5.71 Å². The molecule has 0 amide bonds. The molecule has 1 rings (SSSR count). The molecule has 0 spiro atoms. The summed E-state index contributed by atoms with van der Waals surface area (Å²) in [5.41, 5.74) is 1.44. The zero-order valence-electron chi connectivity index (χ0n) is 16.2. The zero-order valence-corrected chi connectivity index (χ0v) is 16.2. The second-order valence-electron chi connectivity index (χ2n) is 7.63. The highest BCUT2D eigenvalue weighted by atomic mass is 15.2. The van der Waals surface area contributed by atoms with Gasteiger partial charge in [0.1, 0.15) is 6.07 Å². The molecule has 1 aliphatic rings. The summed E-state index contributed by atoms with van der Waals surface area (Å²) in [4.78, 5) is 8.45. The summed E-state index contributed by atoms with van der Waals surface area (Å²) < 4.78 is 0. The molecule has 0 aromatic rings. The topological polar surface area (TPSA) is 42.6 Å². The van der Waals surface area contributed by atoms with E-state index in [1.54, 1.807) is 0 Å². The van der Waals surface area contributed by atoms with E-state index in [4.69, 9.17) is 5.26 Å². The van der Waals surface area contributed by atoms with Gasteiger partial charge in [0.05, 0.1) is 5.70 Å². The molecule has 2 atom stereocenters. The Kier molecular flexibility index (Phi) is 7.69. The molecular formula is C20H34N4. The molecule has 0 radical (unpaired) electrons. The third-order valence-electron chi connectivity index (χ3n) is 5.89. The first kappa shape index (κ1) is 20.4. The van der Waals surface area contributed by atoms with Crippen LogP contribution in [0, 0.1) is 22.7 Å². The normalized spacial score (nSPS) is 21.6. The van der Waals surface area contributed by atoms with Crippen LogP contribution < -0.4 is 0 Å². The Balaban J connectivity index is 2.51. The summed E-state index contributed by atoms with van der Waals surface area (Å²) in [5.74, 6) is 0.826. The minimum Gasteiger partial charge on any atom is -0.371 e. The molecule has 0 saturated heterocycles. The number of aliphatic imine (C=N–C) groups is 1. The van der Waals surface area contributed by atoms with Gasteiger partial charge in [-0.25, -0.2) is 4.99 Å². The van der Waals surface area contributed by atoms with Crippen LogP contribution in [0.1, 0.15) is 46.5 Å². The van der Waals surface area contributed by atoms with Gasteiger partial charge in [-0.1, -0.05) is 40.3 Å². The summed E-state index contributed by atoms with van der Waals surface area (Å²) in [5, 5.41) is 9.13. The van der Waals surface area contributed by atoms with Crippen molar-refractivity contribution >= 4 is 5.71 Å². The fourth-order valence-electron chi connectivity index (χ4n) is 3.42. The number of nitrogens with zero attached hydrogens (tertiary/aromatic N) is 4. The highest BCUT2D eigenvalue weighted by Gasteiger charge is 2.36. The number of nitriles is 1. The van der Waals surface area contributed by atoms with E-state index in [-0.39, 0.29) is 0 Å². The maximum absolute atomic E-state index is 9.13. The van der Waals surface area contributed by atoms with Crippen molar-refractivity contribution in [3.05, 3.63) is 25.1 Å². The van der Waals surface area contributed by atoms with E-state index in [0.717, 1.165) is 19.0 Å². The van der Waals surface area contributed by atoms with E-state index in [0.29, 0.717) is 22.9 Å². The highest BCUT2D eigenvalue weighted by molar-refractivity contribution is 6.10. The molecule has 134 valence electrons. The fourth-order valence-corrected chi connectivity index (χ4v) is 3.42. The van der Waals surface area contributed by atoms with Gasteiger partial charge >= 0.3 is 0 Å². The molecule has 0 aromatic heterocycles. The average Bonchev–Trinajstić information content (AvgIpc) is 3.07. The molecule has 0 heterocycles. The Morgan fingerprint density at radius 3 is 2.54 bits per heavy atom. The van der Waals surface area contributed by atoms with Crippen LogP contribution in [0.4, 0.5) is 0 Å². The lowest BCUT2D eigenvalue weighted by molar-refractivity contribution is 0.177. The molecule has 0 aliphatic heterocycles. The van der Waals surface area contributed by atoms with Gasteiger partial charge < -0.3 is 9.80 Å². The van der Waals surface area contributed by atoms with E-state index in [1.807, 2.05) is 11.9 Å². The van der Waals surface area contributed by atoms with Gasteiger partial charge in [0, 0.05) is 32.4 Å². The summed E-state index contributed by atoms with van der Waals surface area (Å²) in [6.45, 7) is 16.4. The minimum absolute atomic E-state index is 0.334. The predicted molar refractivity (Wildman–Crippen MR) is 103 cm³/mol. The van der Waals surface area contributed by atoms with Gasteiger partial charge in [-0.3, -0.25) is 0 Å². The van der Waals surface area contributed by atoms with Crippen LogP contribution in [0.3, 0.4) is 0 Å². The van der Waals surface area contributed by atoms with Crippen molar-refractivity contribution in [2.24, 2.45) is 16.3 Å². The maximum atomic E-state index is 9.13. The van der Waals surface area contributed by atoms with Crippen molar-refractivity contribution in [1.29, 1.82) is 5.26 Å². The summed E-state index contributed by atoms with van der Waals surface area (Å²) in [6, 6.07) is 2.75. The third-order valence-corrected chi connectivity index (χ3v) is 5.89. The van der Waals surface area contributed by atoms with Gasteiger partial charge in [-0.15, -0.1) is 0 Å². The van der Waals surface area contributed by atoms with E-state index in [2.05, 4.69) is 56.9 Å². The van der Waals surface area contributed by atoms with Crippen LogP contribution in [-0.4, -0.2) is 48.7 Å². The molecule has 1 unspecified atom stereocenters. The van der Waals surface area contributed by atoms with E-state index < -0.39 is 0 Å². The first-order valence-corrected chi connectivity index (χ1v) is 8.96. The fraction of sp³-hybridized carbons (Fsp3) is 0.700. The second-order valence-corrected chi connectivity index (χ2v) is 7.63. The van der Waals surface area contributed by atoms with Crippen molar-refractivity contribution in [2.75, 3.05) is 27.2 Å². The molecule has 0 aromatic carbocycles. The van der Waals surface area contributed by atoms with Crippen LogP contribution in [0.15, 0.2) is 30.0 Å². The number of likely N-dealkylation sites (N-methyl/N-ethyl adjacent to an activating group) is 2. The molecule has 1 fully saturated rings. The Morgan fingerprint density at radius 1 is 1.33 bits per heavy atom. The van der Waals surface area contributed by atoms with Crippen LogP contribution in [0.5, 0.6) is 0 Å². The lowest BCUT2D eigenvalue weighted by Crippen LogP contribution is -2.37. The van der Waals surface area contributed by atoms with Crippen molar-refractivity contribution in [2.45, 2.75) is 52.5 Å². The Hall–Kier alpha value is -1.60. The van der Waals surface area contributed by atoms with Crippen LogP contribution in [-0.2, 0) is 0 Å². The largest absolute Gasteiger partial charge is 0.371 e. The first-order valence-electron chi connectivity index (χ1n) is 8.96. The highest BCUT2D eigenvalue weighted by Crippen LogP contribution is 2.42. The van der Waals surface area contributed by atoms with Gasteiger partial charge in [0.25, 0.3) is 0 Å². The number of hydrogen-bond acceptors (Lipinski definition) is 4. The van der Waals surface area contributed by atoms with Crippen LogP contribution >= 0.6 is 0 Å². The van der Waals surface area contributed by atoms with Crippen molar-refractivity contribution in [3.8, 4) is 6.07 Å². The van der Waals surface area contributed by atoms with E-state index in [9.17, 15) is 0 Å². The molecule has 1 aliphatic carbocycles. The Morgan fingerprint density at radius 2 is 2.00 bits per heavy atom. The van der Waals surface area contributed by atoms with Crippen LogP contribution in [0.2, 0.25) is 0 Å². The third kappa shape index (κ3) is 5.21. The average molecular weight is 331 g/mol. The Bertz CT molecular complexity index is 512. The second kappa shape index (κ2) is 9.03. The lowest BCUT2D eigenvalue weighted by Gasteiger charge is -2.32. The van der Waals surface area contributed by atoms with Crippen molar-refractivity contribution in [3.63, 3.8) is 0 Å². The van der Waals surface area contributed by atoms with E-state index in [1.165, 1.54) is 31.9 Å². The number of allylic oxidation sites excluding steroid dienone is 1. The molecule has 0 bridgehead atoms.